The molecular formula is C23H24N4O6. The number of nitrogens with one attached hydrogen (secondary N) is 2. The van der Waals surface area contributed by atoms with Gasteiger partial charge >= 0.3 is 12.0 Å². The van der Waals surface area contributed by atoms with E-state index in [0.717, 1.165) is 0 Å². The van der Waals surface area contributed by atoms with Crippen molar-refractivity contribution in [3.63, 3.8) is 0 Å². The number of hydrogen-bond acceptors (Lipinski definition) is 6. The third kappa shape index (κ3) is 5.00. The second-order valence-corrected chi connectivity index (χ2v) is 7.41. The van der Waals surface area contributed by atoms with Gasteiger partial charge in [0.15, 0.2) is 0 Å². The highest BCUT2D eigenvalue weighted by atomic mass is 16.6. The molecular weight excluding hydrogens is 428 g/mol. The summed E-state index contributed by atoms with van der Waals surface area (Å²) in [7, 11) is 1.28. The van der Waals surface area contributed by atoms with Crippen molar-refractivity contribution < 1.29 is 24.0 Å². The van der Waals surface area contributed by atoms with Gasteiger partial charge in [0.05, 0.1) is 23.6 Å². The monoisotopic (exact) mass is 452 g/mol. The van der Waals surface area contributed by atoms with Gasteiger partial charge in [0.1, 0.15) is 0 Å². The molecule has 1 heterocycles. The van der Waals surface area contributed by atoms with Crippen LogP contribution in [0.25, 0.3) is 0 Å². The molecule has 3 amide bonds. The highest BCUT2D eigenvalue weighted by molar-refractivity contribution is 6.04. The number of amides is 3. The summed E-state index contributed by atoms with van der Waals surface area (Å²) in [6.45, 7) is 4.09. The van der Waals surface area contributed by atoms with Crippen LogP contribution in [0.3, 0.4) is 0 Å². The molecule has 2 aromatic carbocycles. The molecule has 172 valence electrons. The van der Waals surface area contributed by atoms with Gasteiger partial charge in [0.2, 0.25) is 0 Å². The van der Waals surface area contributed by atoms with Crippen LogP contribution in [0.2, 0.25) is 0 Å². The number of nitro benzene ring substituents is 1. The smallest absolute Gasteiger partial charge is 0.337 e. The maximum absolute atomic E-state index is 12.7. The Hall–Kier alpha value is -4.21. The van der Waals surface area contributed by atoms with E-state index in [1.165, 1.54) is 36.3 Å². The standard InChI is InChI=1S/C23H24N4O6/c1-4-12-26-14(2)19(22(29)33-3)20(25-23(26)30)16-6-5-7-17(13-16)24-21(28)15-8-10-18(11-9-15)27(31)32/h5-11,13,20H,4,12H2,1-3H3,(H,24,28)(H,25,30). The summed E-state index contributed by atoms with van der Waals surface area (Å²) < 4.78 is 4.96. The summed E-state index contributed by atoms with van der Waals surface area (Å²) in [5.74, 6) is -1.01. The summed E-state index contributed by atoms with van der Waals surface area (Å²) in [6.07, 6.45) is 0.716. The fourth-order valence-electron chi connectivity index (χ4n) is 3.63. The Kier molecular flexibility index (Phi) is 7.07. The number of rotatable bonds is 7. The molecule has 2 aromatic rings. The Morgan fingerprint density at radius 1 is 1.21 bits per heavy atom. The summed E-state index contributed by atoms with van der Waals surface area (Å²) in [5, 5.41) is 16.4. The summed E-state index contributed by atoms with van der Waals surface area (Å²) in [4.78, 5) is 49.6. The molecule has 1 aliphatic rings. The van der Waals surface area contributed by atoms with Crippen LogP contribution in [-0.2, 0) is 9.53 Å². The molecule has 0 aliphatic carbocycles. The van der Waals surface area contributed by atoms with Crippen molar-refractivity contribution in [3.05, 3.63) is 81.0 Å². The minimum Gasteiger partial charge on any atom is -0.466 e. The van der Waals surface area contributed by atoms with E-state index in [4.69, 9.17) is 4.74 Å². The van der Waals surface area contributed by atoms with Gasteiger partial charge in [0, 0.05) is 35.6 Å². The Labute approximate surface area is 190 Å². The van der Waals surface area contributed by atoms with E-state index in [2.05, 4.69) is 10.6 Å². The maximum Gasteiger partial charge on any atom is 0.337 e. The van der Waals surface area contributed by atoms with Crippen molar-refractivity contribution in [3.8, 4) is 0 Å². The Morgan fingerprint density at radius 3 is 2.52 bits per heavy atom. The molecule has 0 saturated heterocycles. The molecule has 0 bridgehead atoms. The average Bonchev–Trinajstić information content (AvgIpc) is 2.81. The van der Waals surface area contributed by atoms with Crippen molar-refractivity contribution >= 4 is 29.3 Å². The van der Waals surface area contributed by atoms with E-state index in [-0.39, 0.29) is 17.3 Å². The molecule has 1 aliphatic heterocycles. The maximum atomic E-state index is 12.7. The van der Waals surface area contributed by atoms with E-state index in [1.54, 1.807) is 31.2 Å². The van der Waals surface area contributed by atoms with Gasteiger partial charge in [-0.05, 0) is 43.2 Å². The highest BCUT2D eigenvalue weighted by Gasteiger charge is 2.36. The number of nitrogens with zero attached hydrogens (tertiary/aromatic N) is 2. The normalized spacial score (nSPS) is 15.7. The molecule has 10 nitrogen and oxygen atoms in total. The Balaban J connectivity index is 1.89. The number of allylic oxidation sites excluding steroid dienone is 1. The van der Waals surface area contributed by atoms with E-state index < -0.39 is 22.8 Å². The number of non-ortho nitro benzene ring substituents is 1. The fraction of sp³-hybridized carbons (Fsp3) is 0.261. The predicted molar refractivity (Wildman–Crippen MR) is 120 cm³/mol. The SMILES string of the molecule is CCCN1C(=O)NC(c2cccc(NC(=O)c3ccc([N+](=O)[O-])cc3)c2)C(C(=O)OC)=C1C. The van der Waals surface area contributed by atoms with Crippen molar-refractivity contribution in [2.75, 3.05) is 19.0 Å². The highest BCUT2D eigenvalue weighted by Crippen LogP contribution is 2.32. The molecule has 0 radical (unpaired) electrons. The first-order valence-electron chi connectivity index (χ1n) is 10.3. The number of carbonyl (C=O) groups is 3. The van der Waals surface area contributed by atoms with Crippen LogP contribution in [0.1, 0.15) is 42.2 Å². The lowest BCUT2D eigenvalue weighted by atomic mass is 9.94. The lowest BCUT2D eigenvalue weighted by molar-refractivity contribution is -0.384. The molecule has 0 spiro atoms. The van der Waals surface area contributed by atoms with E-state index in [1.807, 2.05) is 6.92 Å². The summed E-state index contributed by atoms with van der Waals surface area (Å²) >= 11 is 0. The molecule has 0 fully saturated rings. The first-order valence-corrected chi connectivity index (χ1v) is 10.3. The number of esters is 1. The lowest BCUT2D eigenvalue weighted by Crippen LogP contribution is -2.48. The zero-order chi connectivity index (χ0) is 24.1. The first kappa shape index (κ1) is 23.5. The van der Waals surface area contributed by atoms with Gasteiger partial charge in [0.25, 0.3) is 11.6 Å². The third-order valence-corrected chi connectivity index (χ3v) is 5.27. The van der Waals surface area contributed by atoms with E-state index in [0.29, 0.717) is 35.5 Å². The van der Waals surface area contributed by atoms with Gasteiger partial charge in [-0.3, -0.25) is 19.8 Å². The van der Waals surface area contributed by atoms with Crippen LogP contribution in [0, 0.1) is 10.1 Å². The minimum absolute atomic E-state index is 0.115. The summed E-state index contributed by atoms with van der Waals surface area (Å²) in [6, 6.07) is 10.9. The predicted octanol–water partition coefficient (Wildman–Crippen LogP) is 3.77. The quantitative estimate of drug-likeness (QED) is 0.373. The molecule has 2 N–H and O–H groups in total. The minimum atomic E-state index is -0.755. The molecule has 0 aromatic heterocycles. The van der Waals surface area contributed by atoms with E-state index in [9.17, 15) is 24.5 Å². The number of hydrogen-bond donors (Lipinski definition) is 2. The molecule has 0 saturated carbocycles. The first-order chi connectivity index (χ1) is 15.8. The third-order valence-electron chi connectivity index (χ3n) is 5.27. The van der Waals surface area contributed by atoms with Crippen molar-refractivity contribution in [1.29, 1.82) is 0 Å². The van der Waals surface area contributed by atoms with Crippen molar-refractivity contribution in [2.24, 2.45) is 0 Å². The largest absolute Gasteiger partial charge is 0.466 e. The second kappa shape index (κ2) is 9.94. The molecule has 10 heteroatoms. The fourth-order valence-corrected chi connectivity index (χ4v) is 3.63. The number of nitro groups is 1. The lowest BCUT2D eigenvalue weighted by Gasteiger charge is -2.35. The number of urea groups is 1. The number of anilines is 1. The Morgan fingerprint density at radius 2 is 1.91 bits per heavy atom. The van der Waals surface area contributed by atoms with Crippen molar-refractivity contribution in [2.45, 2.75) is 26.3 Å². The number of benzene rings is 2. The van der Waals surface area contributed by atoms with Gasteiger partial charge in [-0.25, -0.2) is 9.59 Å². The van der Waals surface area contributed by atoms with E-state index >= 15 is 0 Å². The van der Waals surface area contributed by atoms with Crippen LogP contribution in [0.4, 0.5) is 16.2 Å². The van der Waals surface area contributed by atoms with Gasteiger partial charge < -0.3 is 15.4 Å². The Bertz CT molecular complexity index is 1130. The molecule has 33 heavy (non-hydrogen) atoms. The van der Waals surface area contributed by atoms with Crippen LogP contribution >= 0.6 is 0 Å². The van der Waals surface area contributed by atoms with Crippen LogP contribution in [0.15, 0.2) is 59.8 Å². The number of ether oxygens (including phenoxy) is 1. The van der Waals surface area contributed by atoms with Gasteiger partial charge in [-0.15, -0.1) is 0 Å². The number of carbonyl (C=O) groups excluding carboxylic acids is 3. The second-order valence-electron chi connectivity index (χ2n) is 7.41. The zero-order valence-corrected chi connectivity index (χ0v) is 18.5. The van der Waals surface area contributed by atoms with Gasteiger partial charge in [-0.1, -0.05) is 19.1 Å². The molecule has 3 rings (SSSR count). The molecule has 1 atom stereocenters. The van der Waals surface area contributed by atoms with Crippen molar-refractivity contribution in [1.82, 2.24) is 10.2 Å². The van der Waals surface area contributed by atoms with Gasteiger partial charge in [-0.2, -0.15) is 0 Å². The topological polar surface area (TPSA) is 131 Å². The molecule has 1 unspecified atom stereocenters. The summed E-state index contributed by atoms with van der Waals surface area (Å²) in [5.41, 5.74) is 1.97. The number of methoxy groups -OCH3 is 1. The van der Waals surface area contributed by atoms with Crippen LogP contribution in [-0.4, -0.2) is 41.4 Å². The average molecular weight is 452 g/mol. The van der Waals surface area contributed by atoms with Crippen LogP contribution < -0.4 is 10.6 Å². The zero-order valence-electron chi connectivity index (χ0n) is 18.5. The van der Waals surface area contributed by atoms with Crippen LogP contribution in [0.5, 0.6) is 0 Å².